The Kier molecular flexibility index (Phi) is 10.9. The summed E-state index contributed by atoms with van der Waals surface area (Å²) >= 11 is 14.9. The Labute approximate surface area is 252 Å². The lowest BCUT2D eigenvalue weighted by atomic mass is 9.88. The lowest BCUT2D eigenvalue weighted by molar-refractivity contribution is -0.113. The van der Waals surface area contributed by atoms with Crippen LogP contribution in [0.3, 0.4) is 0 Å². The van der Waals surface area contributed by atoms with Crippen molar-refractivity contribution in [2.75, 3.05) is 24.3 Å². The second-order valence-electron chi connectivity index (χ2n) is 9.44. The number of thiophene rings is 1. The second kappa shape index (κ2) is 14.4. The van der Waals surface area contributed by atoms with Crippen molar-refractivity contribution in [1.29, 1.82) is 0 Å². The van der Waals surface area contributed by atoms with Crippen molar-refractivity contribution < 1.29 is 19.1 Å². The number of fused-ring (bicyclic) bond motifs is 1. The smallest absolute Gasteiger partial charge is 0.341 e. The van der Waals surface area contributed by atoms with Gasteiger partial charge in [-0.2, -0.15) is 0 Å². The largest absolute Gasteiger partial charge is 0.492 e. The van der Waals surface area contributed by atoms with Crippen molar-refractivity contribution in [3.63, 3.8) is 0 Å². The number of carbonyl (C=O) groups is 2. The number of hydrogen-bond acceptors (Lipinski definition) is 8. The average molecular weight is 624 g/mol. The van der Waals surface area contributed by atoms with Crippen LogP contribution < -0.4 is 10.1 Å². The molecule has 1 unspecified atom stereocenters. The molecule has 0 aliphatic heterocycles. The van der Waals surface area contributed by atoms with E-state index in [1.165, 1.54) is 23.1 Å². The number of nitrogens with zero attached hydrogens (tertiary/aromatic N) is 3. The molecule has 4 rings (SSSR count). The van der Waals surface area contributed by atoms with E-state index in [9.17, 15) is 9.59 Å². The van der Waals surface area contributed by atoms with E-state index >= 15 is 0 Å². The number of ether oxygens (including phenoxy) is 2. The Morgan fingerprint density at radius 1 is 1.32 bits per heavy atom. The highest BCUT2D eigenvalue weighted by atomic mass is 35.5. The summed E-state index contributed by atoms with van der Waals surface area (Å²) in [5.41, 5.74) is 1.52. The first-order chi connectivity index (χ1) is 19.3. The average Bonchev–Trinajstić information content (AvgIpc) is 3.46. The molecule has 2 aromatic heterocycles. The fourth-order valence-corrected chi connectivity index (χ4v) is 7.12. The summed E-state index contributed by atoms with van der Waals surface area (Å²) in [4.78, 5) is 26.9. The molecule has 1 atom stereocenters. The third kappa shape index (κ3) is 7.60. The van der Waals surface area contributed by atoms with Gasteiger partial charge in [0.05, 0.1) is 29.6 Å². The van der Waals surface area contributed by atoms with Gasteiger partial charge in [0.2, 0.25) is 5.91 Å². The molecule has 1 aromatic carbocycles. The number of amides is 1. The van der Waals surface area contributed by atoms with Gasteiger partial charge in [0.25, 0.3) is 0 Å². The van der Waals surface area contributed by atoms with Crippen molar-refractivity contribution in [2.24, 2.45) is 5.92 Å². The quantitative estimate of drug-likeness (QED) is 0.0961. The third-order valence-corrected chi connectivity index (χ3v) is 9.04. The summed E-state index contributed by atoms with van der Waals surface area (Å²) in [6.07, 6.45) is 5.82. The van der Waals surface area contributed by atoms with Crippen LogP contribution in [-0.2, 0) is 35.3 Å². The van der Waals surface area contributed by atoms with Gasteiger partial charge in [0.1, 0.15) is 16.6 Å². The number of esters is 1. The number of aromatic nitrogens is 3. The van der Waals surface area contributed by atoms with Gasteiger partial charge in [-0.25, -0.2) is 4.79 Å². The zero-order valence-electron chi connectivity index (χ0n) is 22.5. The van der Waals surface area contributed by atoms with Gasteiger partial charge in [0, 0.05) is 22.9 Å². The minimum atomic E-state index is -0.379. The summed E-state index contributed by atoms with van der Waals surface area (Å²) in [5.74, 6) is 1.42. The fourth-order valence-electron chi connectivity index (χ4n) is 4.48. The van der Waals surface area contributed by atoms with Gasteiger partial charge >= 0.3 is 5.97 Å². The zero-order chi connectivity index (χ0) is 28.6. The molecule has 8 nitrogen and oxygen atoms in total. The second-order valence-corrected chi connectivity index (χ2v) is 12.3. The summed E-state index contributed by atoms with van der Waals surface area (Å²) < 4.78 is 13.0. The first-order valence-electron chi connectivity index (χ1n) is 13.2. The van der Waals surface area contributed by atoms with E-state index in [-0.39, 0.29) is 24.2 Å². The molecule has 2 heterocycles. The summed E-state index contributed by atoms with van der Waals surface area (Å²) in [7, 11) is 0. The molecule has 1 amide bonds. The molecule has 214 valence electrons. The van der Waals surface area contributed by atoms with Gasteiger partial charge in [-0.1, -0.05) is 48.0 Å². The Morgan fingerprint density at radius 2 is 2.15 bits per heavy atom. The molecule has 1 N–H and O–H groups in total. The molecule has 0 saturated carbocycles. The monoisotopic (exact) mass is 622 g/mol. The predicted octanol–water partition coefficient (Wildman–Crippen LogP) is 6.88. The van der Waals surface area contributed by atoms with Crippen molar-refractivity contribution >= 4 is 63.2 Å². The number of rotatable bonds is 13. The molecule has 1 aliphatic carbocycles. The molecule has 12 heteroatoms. The van der Waals surface area contributed by atoms with E-state index in [0.717, 1.165) is 35.5 Å². The van der Waals surface area contributed by atoms with Crippen LogP contribution in [0, 0.1) is 5.92 Å². The van der Waals surface area contributed by atoms with Crippen molar-refractivity contribution in [3.8, 4) is 5.75 Å². The van der Waals surface area contributed by atoms with Gasteiger partial charge in [-0.3, -0.25) is 4.79 Å². The number of hydrogen-bond donors (Lipinski definition) is 1. The summed E-state index contributed by atoms with van der Waals surface area (Å²) in [6, 6.07) is 5.11. The molecule has 0 fully saturated rings. The molecule has 0 saturated heterocycles. The van der Waals surface area contributed by atoms with E-state index in [2.05, 4.69) is 29.0 Å². The maximum atomic E-state index is 13.0. The van der Waals surface area contributed by atoms with Crippen molar-refractivity contribution in [2.45, 2.75) is 57.7 Å². The Balaban J connectivity index is 1.36. The van der Waals surface area contributed by atoms with Crippen LogP contribution in [0.1, 0.15) is 53.3 Å². The van der Waals surface area contributed by atoms with E-state index in [4.69, 9.17) is 32.7 Å². The van der Waals surface area contributed by atoms with Gasteiger partial charge < -0.3 is 19.4 Å². The minimum Gasteiger partial charge on any atom is -0.492 e. The number of benzene rings is 1. The standard InChI is InChI=1S/C28H32Cl2N4O4S2/c1-4-12-34-23(7-6-13-38-21-11-9-18(29)15-20(21)30)32-33-28(34)39-16-24(35)31-26-25(27(36)37-5-2)19-10-8-17(3)14-22(19)40-26/h4,9,11,15,17H,1,5-8,10,12-14,16H2,2-3H3,(H,31,35). The first-order valence-corrected chi connectivity index (χ1v) is 15.7. The maximum Gasteiger partial charge on any atom is 0.341 e. The number of anilines is 1. The van der Waals surface area contributed by atoms with E-state index in [1.807, 2.05) is 4.57 Å². The minimum absolute atomic E-state index is 0.120. The maximum absolute atomic E-state index is 13.0. The molecular weight excluding hydrogens is 591 g/mol. The third-order valence-electron chi connectivity index (χ3n) is 6.38. The highest BCUT2D eigenvalue weighted by Crippen LogP contribution is 2.40. The molecule has 1 aliphatic rings. The Morgan fingerprint density at radius 3 is 2.90 bits per heavy atom. The highest BCUT2D eigenvalue weighted by molar-refractivity contribution is 7.99. The Bertz CT molecular complexity index is 1370. The molecule has 0 radical (unpaired) electrons. The summed E-state index contributed by atoms with van der Waals surface area (Å²) in [5, 5.41) is 13.8. The number of carbonyl (C=O) groups excluding carboxylic acids is 2. The Hall–Kier alpha value is -2.53. The van der Waals surface area contributed by atoms with E-state index in [1.54, 1.807) is 31.2 Å². The number of nitrogens with one attached hydrogen (secondary N) is 1. The van der Waals surface area contributed by atoms with Crippen LogP contribution in [0.25, 0.3) is 0 Å². The molecule has 0 bridgehead atoms. The molecule has 3 aromatic rings. The van der Waals surface area contributed by atoms with Crippen LogP contribution in [0.4, 0.5) is 5.00 Å². The number of aryl methyl sites for hydroxylation is 1. The van der Waals surface area contributed by atoms with Gasteiger partial charge in [-0.15, -0.1) is 28.1 Å². The molecule has 40 heavy (non-hydrogen) atoms. The first kappa shape index (κ1) is 30.4. The van der Waals surface area contributed by atoms with E-state index in [0.29, 0.717) is 63.4 Å². The van der Waals surface area contributed by atoms with Crippen LogP contribution in [0.5, 0.6) is 5.75 Å². The van der Waals surface area contributed by atoms with Crippen LogP contribution >= 0.6 is 46.3 Å². The number of halogens is 2. The van der Waals surface area contributed by atoms with Crippen molar-refractivity contribution in [1.82, 2.24) is 14.8 Å². The summed E-state index contributed by atoms with van der Waals surface area (Å²) in [6.45, 7) is 9.07. The number of allylic oxidation sites excluding steroid dienone is 1. The van der Waals surface area contributed by atoms with Crippen LogP contribution in [0.2, 0.25) is 10.0 Å². The van der Waals surface area contributed by atoms with Crippen molar-refractivity contribution in [3.05, 3.63) is 62.7 Å². The van der Waals surface area contributed by atoms with E-state index < -0.39 is 0 Å². The molecular formula is C28H32Cl2N4O4S2. The highest BCUT2D eigenvalue weighted by Gasteiger charge is 2.29. The number of thioether (sulfide) groups is 1. The van der Waals surface area contributed by atoms with Gasteiger partial charge in [0.15, 0.2) is 5.16 Å². The van der Waals surface area contributed by atoms with Crippen LogP contribution in [0.15, 0.2) is 36.0 Å². The lowest BCUT2D eigenvalue weighted by Crippen LogP contribution is -2.18. The molecule has 0 spiro atoms. The predicted molar refractivity (Wildman–Crippen MR) is 161 cm³/mol. The van der Waals surface area contributed by atoms with Gasteiger partial charge in [-0.05, 0) is 62.3 Å². The topological polar surface area (TPSA) is 95.3 Å². The van der Waals surface area contributed by atoms with Crippen LogP contribution in [-0.4, -0.2) is 45.6 Å². The zero-order valence-corrected chi connectivity index (χ0v) is 25.6. The fraction of sp³-hybridized carbons (Fsp3) is 0.429. The lowest BCUT2D eigenvalue weighted by Gasteiger charge is -2.18. The normalized spacial score (nSPS) is 14.4. The SMILES string of the molecule is C=CCn1c(CCCOc2ccc(Cl)cc2Cl)nnc1SCC(=O)Nc1sc2c(c1C(=O)OCC)CCC(C)C2.